The van der Waals surface area contributed by atoms with E-state index in [2.05, 4.69) is 40.9 Å². The van der Waals surface area contributed by atoms with Crippen molar-refractivity contribution in [3.05, 3.63) is 23.8 Å². The van der Waals surface area contributed by atoms with E-state index < -0.39 is 0 Å². The molecule has 0 saturated heterocycles. The molecule has 0 atom stereocenters. The van der Waals surface area contributed by atoms with Gasteiger partial charge in [-0.25, -0.2) is 4.98 Å². The first kappa shape index (κ1) is 11.3. The number of anilines is 1. The van der Waals surface area contributed by atoms with Crippen molar-refractivity contribution >= 4 is 28.7 Å². The molecule has 2 rings (SSSR count). The molecule has 0 aliphatic carbocycles. The molecule has 0 spiro atoms. The molecule has 1 aromatic carbocycles. The molecule has 0 radical (unpaired) electrons. The number of rotatable bonds is 4. The summed E-state index contributed by atoms with van der Waals surface area (Å²) in [6.07, 6.45) is 3.25. The molecule has 16 heavy (non-hydrogen) atoms. The summed E-state index contributed by atoms with van der Waals surface area (Å²) < 4.78 is 2.10. The molecule has 0 amide bonds. The van der Waals surface area contributed by atoms with Crippen molar-refractivity contribution in [2.75, 3.05) is 17.7 Å². The van der Waals surface area contributed by atoms with Crippen molar-refractivity contribution in [3.63, 3.8) is 0 Å². The molecule has 2 aromatic rings. The number of thioether (sulfide) groups is 1. The fourth-order valence-electron chi connectivity index (χ4n) is 1.86. The zero-order valence-electron chi connectivity index (χ0n) is 9.73. The summed E-state index contributed by atoms with van der Waals surface area (Å²) in [5, 5.41) is 0. The Labute approximate surface area is 100 Å². The lowest BCUT2D eigenvalue weighted by Gasteiger charge is -2.05. The lowest BCUT2D eigenvalue weighted by atomic mass is 10.2. The summed E-state index contributed by atoms with van der Waals surface area (Å²) in [5.74, 6) is 1.78. The molecule has 0 unspecified atom stereocenters. The van der Waals surface area contributed by atoms with E-state index in [-0.39, 0.29) is 0 Å². The number of nitrogen functional groups attached to an aromatic ring is 1. The molecule has 0 aliphatic rings. The van der Waals surface area contributed by atoms with Crippen molar-refractivity contribution in [3.8, 4) is 0 Å². The number of aromatic nitrogens is 2. The third kappa shape index (κ3) is 2.16. The monoisotopic (exact) mass is 235 g/mol. The van der Waals surface area contributed by atoms with Crippen molar-refractivity contribution in [1.82, 2.24) is 9.55 Å². The Balaban J connectivity index is 2.32. The predicted octanol–water partition coefficient (Wildman–Crippen LogP) is 2.68. The minimum absolute atomic E-state index is 0.627. The van der Waals surface area contributed by atoms with E-state index >= 15 is 0 Å². The largest absolute Gasteiger partial charge is 0.369 e. The van der Waals surface area contributed by atoms with Gasteiger partial charge < -0.3 is 10.3 Å². The van der Waals surface area contributed by atoms with Gasteiger partial charge in [0.25, 0.3) is 0 Å². The van der Waals surface area contributed by atoms with E-state index in [1.165, 1.54) is 5.56 Å². The zero-order valence-corrected chi connectivity index (χ0v) is 10.5. The topological polar surface area (TPSA) is 43.8 Å². The fraction of sp³-hybridized carbons (Fsp3) is 0.417. The molecule has 86 valence electrons. The number of imidazole rings is 1. The highest BCUT2D eigenvalue weighted by Gasteiger charge is 2.07. The van der Waals surface area contributed by atoms with E-state index in [1.54, 1.807) is 0 Å². The van der Waals surface area contributed by atoms with E-state index in [0.717, 1.165) is 29.8 Å². The summed E-state index contributed by atoms with van der Waals surface area (Å²) in [6, 6.07) is 6.29. The number of hydrogen-bond acceptors (Lipinski definition) is 3. The second-order valence-electron chi connectivity index (χ2n) is 3.96. The summed E-state index contributed by atoms with van der Waals surface area (Å²) in [5.41, 5.74) is 9.30. The number of hydrogen-bond donors (Lipinski definition) is 1. The highest BCUT2D eigenvalue weighted by atomic mass is 32.2. The fourth-order valence-corrected chi connectivity index (χ4v) is 2.28. The van der Waals surface area contributed by atoms with Gasteiger partial charge in [0.15, 0.2) is 0 Å². The lowest BCUT2D eigenvalue weighted by Crippen LogP contribution is -2.04. The predicted molar refractivity (Wildman–Crippen MR) is 71.9 cm³/mol. The number of nitrogens with two attached hydrogens (primary N) is 1. The maximum Gasteiger partial charge on any atom is 0.201 e. The van der Waals surface area contributed by atoms with Gasteiger partial charge in [-0.05, 0) is 43.0 Å². The second kappa shape index (κ2) is 4.78. The molecule has 0 saturated carbocycles. The molecule has 4 heteroatoms. The summed E-state index contributed by atoms with van der Waals surface area (Å²) in [7, 11) is 0. The molecule has 1 aromatic heterocycles. The van der Waals surface area contributed by atoms with Crippen LogP contribution >= 0.6 is 11.8 Å². The zero-order chi connectivity index (χ0) is 11.5. The van der Waals surface area contributed by atoms with Crippen LogP contribution < -0.4 is 5.73 Å². The Kier molecular flexibility index (Phi) is 3.39. The molecule has 0 bridgehead atoms. The molecule has 0 aliphatic heterocycles. The Morgan fingerprint density at radius 1 is 1.44 bits per heavy atom. The normalized spacial score (nSPS) is 11.1. The molecular weight excluding hydrogens is 218 g/mol. The van der Waals surface area contributed by atoms with Crippen LogP contribution in [0.3, 0.4) is 0 Å². The van der Waals surface area contributed by atoms with Gasteiger partial charge in [0.1, 0.15) is 0 Å². The van der Waals surface area contributed by atoms with E-state index in [1.807, 2.05) is 11.8 Å². The van der Waals surface area contributed by atoms with E-state index in [4.69, 9.17) is 5.73 Å². The number of nitrogens with zero attached hydrogens (tertiary/aromatic N) is 2. The maximum atomic E-state index is 5.93. The highest BCUT2D eigenvalue weighted by Crippen LogP contribution is 2.19. The Morgan fingerprint density at radius 3 is 3.00 bits per heavy atom. The second-order valence-corrected chi connectivity index (χ2v) is 4.95. The smallest absolute Gasteiger partial charge is 0.201 e. The van der Waals surface area contributed by atoms with Crippen molar-refractivity contribution in [2.45, 2.75) is 19.9 Å². The van der Waals surface area contributed by atoms with Gasteiger partial charge in [0.05, 0.1) is 11.0 Å². The van der Waals surface area contributed by atoms with E-state index in [9.17, 15) is 0 Å². The average molecular weight is 235 g/mol. The van der Waals surface area contributed by atoms with Crippen LogP contribution in [0.2, 0.25) is 0 Å². The van der Waals surface area contributed by atoms with E-state index in [0.29, 0.717) is 5.95 Å². The first-order valence-electron chi connectivity index (χ1n) is 5.43. The number of benzene rings is 1. The summed E-state index contributed by atoms with van der Waals surface area (Å²) in [4.78, 5) is 4.39. The molecule has 0 fully saturated rings. The van der Waals surface area contributed by atoms with Crippen LogP contribution in [0.1, 0.15) is 12.0 Å². The Hall–Kier alpha value is -1.16. The molecule has 1 heterocycles. The van der Waals surface area contributed by atoms with Gasteiger partial charge >= 0.3 is 0 Å². The van der Waals surface area contributed by atoms with Crippen molar-refractivity contribution in [2.24, 2.45) is 0 Å². The minimum Gasteiger partial charge on any atom is -0.369 e. The van der Waals surface area contributed by atoms with Gasteiger partial charge in [-0.3, -0.25) is 0 Å². The van der Waals surface area contributed by atoms with Gasteiger partial charge in [-0.1, -0.05) is 6.07 Å². The van der Waals surface area contributed by atoms with Crippen LogP contribution in [0.5, 0.6) is 0 Å². The van der Waals surface area contributed by atoms with Crippen LogP contribution in [0.4, 0.5) is 5.95 Å². The highest BCUT2D eigenvalue weighted by molar-refractivity contribution is 7.98. The first-order chi connectivity index (χ1) is 7.72. The quantitative estimate of drug-likeness (QED) is 0.829. The maximum absolute atomic E-state index is 5.93. The standard InChI is InChI=1S/C12H17N3S/c1-9-4-5-11-10(8-9)14-12(13)15(11)6-3-7-16-2/h4-5,8H,3,6-7H2,1-2H3,(H2,13,14). The van der Waals surface area contributed by atoms with Gasteiger partial charge in [0.2, 0.25) is 5.95 Å². The Bertz CT molecular complexity index is 490. The first-order valence-corrected chi connectivity index (χ1v) is 6.83. The van der Waals surface area contributed by atoms with Gasteiger partial charge in [0, 0.05) is 6.54 Å². The van der Waals surface area contributed by atoms with Crippen molar-refractivity contribution < 1.29 is 0 Å². The van der Waals surface area contributed by atoms with Crippen LogP contribution in [-0.2, 0) is 6.54 Å². The number of fused-ring (bicyclic) bond motifs is 1. The molecule has 3 nitrogen and oxygen atoms in total. The minimum atomic E-state index is 0.627. The Morgan fingerprint density at radius 2 is 2.25 bits per heavy atom. The van der Waals surface area contributed by atoms with Crippen molar-refractivity contribution in [1.29, 1.82) is 0 Å². The lowest BCUT2D eigenvalue weighted by molar-refractivity contribution is 0.712. The molecular formula is C12H17N3S. The summed E-state index contributed by atoms with van der Waals surface area (Å²) in [6.45, 7) is 3.02. The third-order valence-corrected chi connectivity index (χ3v) is 3.36. The summed E-state index contributed by atoms with van der Waals surface area (Å²) >= 11 is 1.86. The van der Waals surface area contributed by atoms with Crippen LogP contribution in [0, 0.1) is 6.92 Å². The van der Waals surface area contributed by atoms with Crippen LogP contribution in [0.15, 0.2) is 18.2 Å². The number of aryl methyl sites for hydroxylation is 2. The van der Waals surface area contributed by atoms with Gasteiger partial charge in [-0.2, -0.15) is 11.8 Å². The average Bonchev–Trinajstić information content (AvgIpc) is 2.55. The third-order valence-electron chi connectivity index (χ3n) is 2.66. The van der Waals surface area contributed by atoms with Gasteiger partial charge in [-0.15, -0.1) is 0 Å². The van der Waals surface area contributed by atoms with Crippen LogP contribution in [0.25, 0.3) is 11.0 Å². The SMILES string of the molecule is CSCCCn1c(N)nc2cc(C)ccc21. The van der Waals surface area contributed by atoms with Crippen LogP contribution in [-0.4, -0.2) is 21.6 Å². The molecule has 2 N–H and O–H groups in total.